The molecule has 0 saturated carbocycles. The molecule has 158 valence electrons. The Morgan fingerprint density at radius 2 is 1.52 bits per heavy atom. The summed E-state index contributed by atoms with van der Waals surface area (Å²) < 4.78 is 25.5. The molecule has 0 atom stereocenters. The Kier molecular flexibility index (Phi) is 6.85. The summed E-state index contributed by atoms with van der Waals surface area (Å²) in [6, 6.07) is 13.6. The van der Waals surface area contributed by atoms with Crippen LogP contribution in [0, 0.1) is 0 Å². The van der Waals surface area contributed by atoms with Crippen LogP contribution in [0.15, 0.2) is 78.3 Å². The third kappa shape index (κ3) is 5.60. The number of rotatable bonds is 9. The van der Waals surface area contributed by atoms with Gasteiger partial charge < -0.3 is 23.4 Å². The van der Waals surface area contributed by atoms with Gasteiger partial charge in [0.25, 0.3) is 0 Å². The fraction of sp³-hybridized carbons (Fsp3) is 0.0870. The van der Waals surface area contributed by atoms with E-state index in [1.165, 1.54) is 0 Å². The molecule has 0 aliphatic rings. The Morgan fingerprint density at radius 1 is 0.839 bits per heavy atom. The molecule has 0 aliphatic carbocycles. The van der Waals surface area contributed by atoms with E-state index in [0.717, 1.165) is 23.1 Å². The van der Waals surface area contributed by atoms with Gasteiger partial charge in [-0.3, -0.25) is 0 Å². The first-order valence-corrected chi connectivity index (χ1v) is 9.02. The number of hydrogen-bond acceptors (Lipinski definition) is 8. The van der Waals surface area contributed by atoms with Gasteiger partial charge in [0, 0.05) is 29.2 Å². The highest BCUT2D eigenvalue weighted by molar-refractivity contribution is 5.90. The van der Waals surface area contributed by atoms with E-state index in [1.54, 1.807) is 36.4 Å². The van der Waals surface area contributed by atoms with Crippen molar-refractivity contribution in [2.75, 3.05) is 13.6 Å². The lowest BCUT2D eigenvalue weighted by Gasteiger charge is -2.05. The van der Waals surface area contributed by atoms with Crippen LogP contribution in [0.5, 0.6) is 5.75 Å². The smallest absolute Gasteiger partial charge is 0.340 e. The molecule has 0 bridgehead atoms. The van der Waals surface area contributed by atoms with Crippen molar-refractivity contribution in [1.29, 1.82) is 0 Å². The molecule has 0 amide bonds. The molecule has 0 unspecified atom stereocenters. The quantitative estimate of drug-likeness (QED) is 0.290. The fourth-order valence-corrected chi connectivity index (χ4v) is 2.51. The van der Waals surface area contributed by atoms with Gasteiger partial charge in [-0.25, -0.2) is 14.4 Å². The molecule has 1 heterocycles. The Labute approximate surface area is 177 Å². The Bertz CT molecular complexity index is 1120. The minimum absolute atomic E-state index is 0.242. The zero-order chi connectivity index (χ0) is 22.2. The van der Waals surface area contributed by atoms with E-state index in [9.17, 15) is 14.4 Å². The summed E-state index contributed by atoms with van der Waals surface area (Å²) in [6.45, 7) is 5.82. The second kappa shape index (κ2) is 9.93. The van der Waals surface area contributed by atoms with E-state index in [2.05, 4.69) is 17.9 Å². The Morgan fingerprint density at radius 3 is 2.19 bits per heavy atom. The summed E-state index contributed by atoms with van der Waals surface area (Å²) >= 11 is 0. The molecule has 8 heteroatoms. The summed E-state index contributed by atoms with van der Waals surface area (Å²) in [6.07, 6.45) is 2.02. The SMILES string of the molecule is C=CC(=O)OCOC(=O)c1ccc(-c2cc3ccc(OCOC(=O)C=C)cc3o2)cc1. The van der Waals surface area contributed by atoms with Crippen LogP contribution in [0.1, 0.15) is 10.4 Å². The third-order valence-corrected chi connectivity index (χ3v) is 4.05. The van der Waals surface area contributed by atoms with Gasteiger partial charge in [-0.2, -0.15) is 0 Å². The first-order valence-electron chi connectivity index (χ1n) is 9.02. The lowest BCUT2D eigenvalue weighted by Crippen LogP contribution is -2.11. The zero-order valence-electron chi connectivity index (χ0n) is 16.4. The van der Waals surface area contributed by atoms with Crippen LogP contribution in [0.25, 0.3) is 22.3 Å². The molecule has 0 fully saturated rings. The summed E-state index contributed by atoms with van der Waals surface area (Å²) in [5, 5.41) is 0.845. The van der Waals surface area contributed by atoms with Crippen LogP contribution < -0.4 is 4.74 Å². The van der Waals surface area contributed by atoms with Gasteiger partial charge in [0.15, 0.2) is 0 Å². The fourth-order valence-electron chi connectivity index (χ4n) is 2.51. The number of furan rings is 1. The normalized spacial score (nSPS) is 10.2. The van der Waals surface area contributed by atoms with E-state index in [-0.39, 0.29) is 6.79 Å². The molecule has 0 aliphatic heterocycles. The van der Waals surface area contributed by atoms with Crippen molar-refractivity contribution >= 4 is 28.9 Å². The van der Waals surface area contributed by atoms with E-state index < -0.39 is 24.7 Å². The number of carbonyl (C=O) groups excluding carboxylic acids is 3. The van der Waals surface area contributed by atoms with Crippen molar-refractivity contribution < 1.29 is 37.7 Å². The maximum atomic E-state index is 12.0. The van der Waals surface area contributed by atoms with Crippen LogP contribution in [-0.2, 0) is 23.8 Å². The number of esters is 3. The first kappa shape index (κ1) is 21.4. The lowest BCUT2D eigenvalue weighted by atomic mass is 10.1. The van der Waals surface area contributed by atoms with Gasteiger partial charge in [-0.05, 0) is 30.3 Å². The predicted molar refractivity (Wildman–Crippen MR) is 110 cm³/mol. The minimum Gasteiger partial charge on any atom is -0.457 e. The van der Waals surface area contributed by atoms with E-state index in [1.807, 2.05) is 12.1 Å². The van der Waals surface area contributed by atoms with Crippen molar-refractivity contribution in [2.24, 2.45) is 0 Å². The van der Waals surface area contributed by atoms with Gasteiger partial charge in [0.1, 0.15) is 17.1 Å². The number of fused-ring (bicyclic) bond motifs is 1. The molecule has 1 aromatic heterocycles. The van der Waals surface area contributed by atoms with Crippen LogP contribution >= 0.6 is 0 Å². The monoisotopic (exact) mass is 422 g/mol. The van der Waals surface area contributed by atoms with E-state index in [4.69, 9.17) is 18.6 Å². The molecule has 0 N–H and O–H groups in total. The highest BCUT2D eigenvalue weighted by atomic mass is 16.7. The molecule has 2 aromatic carbocycles. The van der Waals surface area contributed by atoms with E-state index >= 15 is 0 Å². The molecule has 31 heavy (non-hydrogen) atoms. The van der Waals surface area contributed by atoms with Gasteiger partial charge in [0.05, 0.1) is 5.56 Å². The van der Waals surface area contributed by atoms with Gasteiger partial charge in [0.2, 0.25) is 13.6 Å². The van der Waals surface area contributed by atoms with Gasteiger partial charge in [-0.1, -0.05) is 25.3 Å². The summed E-state index contributed by atoms with van der Waals surface area (Å²) in [4.78, 5) is 34.0. The number of carbonyl (C=O) groups is 3. The molecular formula is C23H18O8. The van der Waals surface area contributed by atoms with Crippen LogP contribution in [0.3, 0.4) is 0 Å². The van der Waals surface area contributed by atoms with Crippen molar-refractivity contribution in [2.45, 2.75) is 0 Å². The molecular weight excluding hydrogens is 404 g/mol. The highest BCUT2D eigenvalue weighted by Crippen LogP contribution is 2.30. The van der Waals surface area contributed by atoms with Crippen molar-refractivity contribution in [3.63, 3.8) is 0 Å². The predicted octanol–water partition coefficient (Wildman–Crippen LogP) is 4.01. The van der Waals surface area contributed by atoms with Crippen molar-refractivity contribution in [1.82, 2.24) is 0 Å². The third-order valence-electron chi connectivity index (χ3n) is 4.05. The van der Waals surface area contributed by atoms with Gasteiger partial charge in [-0.15, -0.1) is 0 Å². The van der Waals surface area contributed by atoms with Crippen LogP contribution in [-0.4, -0.2) is 31.5 Å². The summed E-state index contributed by atoms with van der Waals surface area (Å²) in [5.41, 5.74) is 1.61. The minimum atomic E-state index is -0.681. The van der Waals surface area contributed by atoms with E-state index in [0.29, 0.717) is 22.7 Å². The average Bonchev–Trinajstić information content (AvgIpc) is 3.22. The number of hydrogen-bond donors (Lipinski definition) is 0. The summed E-state index contributed by atoms with van der Waals surface area (Å²) in [7, 11) is 0. The second-order valence-corrected chi connectivity index (χ2v) is 6.03. The van der Waals surface area contributed by atoms with Gasteiger partial charge >= 0.3 is 17.9 Å². The lowest BCUT2D eigenvalue weighted by molar-refractivity contribution is -0.146. The average molecular weight is 422 g/mol. The second-order valence-electron chi connectivity index (χ2n) is 6.03. The molecule has 3 rings (SSSR count). The highest BCUT2D eigenvalue weighted by Gasteiger charge is 2.11. The van der Waals surface area contributed by atoms with Crippen LogP contribution in [0.4, 0.5) is 0 Å². The zero-order valence-corrected chi connectivity index (χ0v) is 16.4. The molecule has 3 aromatic rings. The largest absolute Gasteiger partial charge is 0.457 e. The maximum Gasteiger partial charge on any atom is 0.340 e. The topological polar surface area (TPSA) is 101 Å². The van der Waals surface area contributed by atoms with Crippen molar-refractivity contribution in [3.8, 4) is 17.1 Å². The summed E-state index contributed by atoms with van der Waals surface area (Å²) in [5.74, 6) is -0.830. The standard InChI is InChI=1S/C23H18O8/c1-3-21(24)28-13-27-18-10-9-17-11-19(31-20(17)12-18)15-5-7-16(8-6-15)23(26)30-14-29-22(25)4-2/h3-12H,1-2,13-14H2. The molecule has 8 nitrogen and oxygen atoms in total. The maximum absolute atomic E-state index is 12.0. The molecule has 0 saturated heterocycles. The number of benzene rings is 2. The molecule has 0 radical (unpaired) electrons. The molecule has 0 spiro atoms. The van der Waals surface area contributed by atoms with Crippen molar-refractivity contribution in [3.05, 3.63) is 79.4 Å². The first-order chi connectivity index (χ1) is 15.0. The van der Waals surface area contributed by atoms with Crippen LogP contribution in [0.2, 0.25) is 0 Å². The number of ether oxygens (including phenoxy) is 4. The Balaban J connectivity index is 1.65. The Hall–Kier alpha value is -4.33.